The molecule has 3 aromatic heterocycles. The smallest absolute Gasteiger partial charge is 0.301 e. The third kappa shape index (κ3) is 6.78. The number of aromatic nitrogens is 4. The molecule has 0 spiro atoms. The number of pyridine rings is 1. The molecule has 1 fully saturated rings. The first-order valence-electron chi connectivity index (χ1n) is 15.7. The summed E-state index contributed by atoms with van der Waals surface area (Å²) in [5.74, 6) is -0.360. The van der Waals surface area contributed by atoms with E-state index in [1.54, 1.807) is 47.9 Å². The van der Waals surface area contributed by atoms with Crippen molar-refractivity contribution in [3.8, 4) is 11.5 Å². The first kappa shape index (κ1) is 33.5. The molecule has 1 atom stereocenters. The normalized spacial score (nSPS) is 15.8. The highest BCUT2D eigenvalue weighted by Gasteiger charge is 2.49. The van der Waals surface area contributed by atoms with E-state index in [-0.39, 0.29) is 16.5 Å². The van der Waals surface area contributed by atoms with Crippen molar-refractivity contribution in [2.24, 2.45) is 0 Å². The Morgan fingerprint density at radius 2 is 1.83 bits per heavy atom. The number of benzene rings is 2. The van der Waals surface area contributed by atoms with Crippen molar-refractivity contribution in [1.82, 2.24) is 19.6 Å². The summed E-state index contributed by atoms with van der Waals surface area (Å²) < 4.78 is 14.3. The number of carbonyl (C=O) groups excluding carboxylic acids is 2. The van der Waals surface area contributed by atoms with Crippen LogP contribution in [0.25, 0.3) is 11.4 Å². The third-order valence-electron chi connectivity index (χ3n) is 7.84. The standard InChI is InChI=1S/C35H34ClN5O5S2/c1-4-6-9-18-46-25-16-13-23(19-26(25)45-5-2)30-28(31(42)29-21(3)37-27-10-7-8-17-40(27)29)32(43)33(44)41(30)34-38-39-35(48-34)47-20-22-11-14-24(36)15-12-22/h7-8,10-17,19,30,42H,4-6,9,18,20H2,1-3H3/b31-28+. The minimum Gasteiger partial charge on any atom is -0.505 e. The van der Waals surface area contributed by atoms with Gasteiger partial charge in [0.05, 0.1) is 30.5 Å². The van der Waals surface area contributed by atoms with Gasteiger partial charge in [0.25, 0.3) is 5.78 Å². The predicted octanol–water partition coefficient (Wildman–Crippen LogP) is 8.03. The van der Waals surface area contributed by atoms with Crippen LogP contribution in [0.1, 0.15) is 61.7 Å². The van der Waals surface area contributed by atoms with Crippen LogP contribution in [0.5, 0.6) is 11.5 Å². The molecule has 5 aromatic rings. The number of ether oxygens (including phenoxy) is 2. The van der Waals surface area contributed by atoms with Gasteiger partial charge in [-0.15, -0.1) is 10.2 Å². The maximum Gasteiger partial charge on any atom is 0.301 e. The Bertz CT molecular complexity index is 1990. The summed E-state index contributed by atoms with van der Waals surface area (Å²) >= 11 is 8.69. The average molecular weight is 704 g/mol. The molecule has 2 aromatic carbocycles. The zero-order valence-electron chi connectivity index (χ0n) is 26.7. The van der Waals surface area contributed by atoms with Gasteiger partial charge in [-0.2, -0.15) is 0 Å². The number of hydrogen-bond donors (Lipinski definition) is 1. The topological polar surface area (TPSA) is 119 Å². The highest BCUT2D eigenvalue weighted by Crippen LogP contribution is 2.46. The fraction of sp³-hybridized carbons (Fsp3) is 0.286. The van der Waals surface area contributed by atoms with Gasteiger partial charge >= 0.3 is 5.91 Å². The monoisotopic (exact) mass is 703 g/mol. The fourth-order valence-electron chi connectivity index (χ4n) is 5.57. The Morgan fingerprint density at radius 3 is 2.60 bits per heavy atom. The van der Waals surface area contributed by atoms with E-state index in [0.717, 1.165) is 24.8 Å². The maximum absolute atomic E-state index is 13.9. The molecule has 13 heteroatoms. The van der Waals surface area contributed by atoms with Crippen molar-refractivity contribution in [2.45, 2.75) is 56.2 Å². The number of aliphatic hydroxyl groups is 1. The summed E-state index contributed by atoms with van der Waals surface area (Å²) in [5.41, 5.74) is 2.93. The third-order valence-corrected chi connectivity index (χ3v) is 10.2. The van der Waals surface area contributed by atoms with Crippen LogP contribution in [-0.4, -0.2) is 49.6 Å². The van der Waals surface area contributed by atoms with Crippen molar-refractivity contribution in [1.29, 1.82) is 0 Å². The molecule has 1 saturated heterocycles. The van der Waals surface area contributed by atoms with Gasteiger partial charge in [-0.1, -0.05) is 78.7 Å². The molecule has 0 aliphatic carbocycles. The molecule has 48 heavy (non-hydrogen) atoms. The molecule has 248 valence electrons. The number of hydrogen-bond acceptors (Lipinski definition) is 10. The number of imidazole rings is 1. The van der Waals surface area contributed by atoms with Gasteiger partial charge in [-0.05, 0) is 67.8 Å². The Kier molecular flexibility index (Phi) is 10.3. The van der Waals surface area contributed by atoms with Gasteiger partial charge in [-0.25, -0.2) is 4.98 Å². The molecular formula is C35H34ClN5O5S2. The van der Waals surface area contributed by atoms with E-state index in [2.05, 4.69) is 22.1 Å². The lowest BCUT2D eigenvalue weighted by Crippen LogP contribution is -2.29. The van der Waals surface area contributed by atoms with Crippen LogP contribution >= 0.6 is 34.7 Å². The molecule has 0 bridgehead atoms. The number of rotatable bonds is 13. The number of unbranched alkanes of at least 4 members (excludes halogenated alkanes) is 2. The van der Waals surface area contributed by atoms with Crippen LogP contribution in [0.2, 0.25) is 5.02 Å². The molecule has 1 aliphatic rings. The van der Waals surface area contributed by atoms with E-state index in [0.29, 0.717) is 62.4 Å². The molecule has 10 nitrogen and oxygen atoms in total. The minimum absolute atomic E-state index is 0.0848. The van der Waals surface area contributed by atoms with E-state index < -0.39 is 17.7 Å². The van der Waals surface area contributed by atoms with Crippen LogP contribution in [0.15, 0.2) is 76.8 Å². The Labute approximate surface area is 291 Å². The first-order chi connectivity index (χ1) is 23.3. The summed E-state index contributed by atoms with van der Waals surface area (Å²) in [6, 6.07) is 17.3. The molecule has 1 N–H and O–H groups in total. The van der Waals surface area contributed by atoms with Crippen LogP contribution in [0, 0.1) is 6.92 Å². The lowest BCUT2D eigenvalue weighted by Gasteiger charge is -2.23. The van der Waals surface area contributed by atoms with Crippen molar-refractivity contribution in [3.05, 3.63) is 100.0 Å². The van der Waals surface area contributed by atoms with Gasteiger partial charge in [0.2, 0.25) is 5.13 Å². The number of halogens is 1. The molecule has 1 amide bonds. The summed E-state index contributed by atoms with van der Waals surface area (Å²) in [7, 11) is 0. The van der Waals surface area contributed by atoms with Gasteiger partial charge in [0, 0.05) is 17.0 Å². The molecule has 0 saturated carbocycles. The lowest BCUT2D eigenvalue weighted by molar-refractivity contribution is -0.132. The van der Waals surface area contributed by atoms with Crippen molar-refractivity contribution < 1.29 is 24.2 Å². The van der Waals surface area contributed by atoms with Crippen LogP contribution in [0.4, 0.5) is 5.13 Å². The minimum atomic E-state index is -1.03. The van der Waals surface area contributed by atoms with E-state index in [9.17, 15) is 14.7 Å². The SMILES string of the molecule is CCCCCOc1ccc(C2/C(=C(\O)c3c(C)nc4ccccn34)C(=O)C(=O)N2c2nnc(SCc3ccc(Cl)cc3)s2)cc1OCC. The molecule has 4 heterocycles. The number of fused-ring (bicyclic) bond motifs is 1. The molecule has 0 radical (unpaired) electrons. The summed E-state index contributed by atoms with van der Waals surface area (Å²) in [6.45, 7) is 6.66. The van der Waals surface area contributed by atoms with E-state index >= 15 is 0 Å². The number of carbonyl (C=O) groups is 2. The number of amides is 1. The van der Waals surface area contributed by atoms with Crippen LogP contribution in [0.3, 0.4) is 0 Å². The second kappa shape index (κ2) is 14.8. The highest BCUT2D eigenvalue weighted by atomic mass is 35.5. The number of anilines is 1. The number of aryl methyl sites for hydroxylation is 1. The largest absolute Gasteiger partial charge is 0.505 e. The van der Waals surface area contributed by atoms with E-state index in [1.807, 2.05) is 37.3 Å². The van der Waals surface area contributed by atoms with Crippen LogP contribution < -0.4 is 14.4 Å². The first-order valence-corrected chi connectivity index (χ1v) is 17.8. The number of nitrogens with zero attached hydrogens (tertiary/aromatic N) is 5. The highest BCUT2D eigenvalue weighted by molar-refractivity contribution is 8.00. The number of ketones is 1. The van der Waals surface area contributed by atoms with Gasteiger partial charge in [-0.3, -0.25) is 18.9 Å². The van der Waals surface area contributed by atoms with Gasteiger partial charge in [0.15, 0.2) is 21.6 Å². The Balaban J connectivity index is 1.44. The lowest BCUT2D eigenvalue weighted by atomic mass is 9.96. The summed E-state index contributed by atoms with van der Waals surface area (Å²) in [5, 5.41) is 21.5. The molecule has 1 aliphatic heterocycles. The van der Waals surface area contributed by atoms with E-state index in [1.165, 1.54) is 28.0 Å². The second-order valence-electron chi connectivity index (χ2n) is 11.1. The second-order valence-corrected chi connectivity index (χ2v) is 13.7. The zero-order chi connectivity index (χ0) is 33.8. The quantitative estimate of drug-likeness (QED) is 0.0325. The maximum atomic E-state index is 13.9. The predicted molar refractivity (Wildman–Crippen MR) is 188 cm³/mol. The number of thioether (sulfide) groups is 1. The van der Waals surface area contributed by atoms with Crippen molar-refractivity contribution >= 4 is 62.9 Å². The van der Waals surface area contributed by atoms with Crippen molar-refractivity contribution in [3.63, 3.8) is 0 Å². The molecule has 1 unspecified atom stereocenters. The molecule has 6 rings (SSSR count). The van der Waals surface area contributed by atoms with Gasteiger partial charge < -0.3 is 14.6 Å². The summed E-state index contributed by atoms with van der Waals surface area (Å²) in [6.07, 6.45) is 4.76. The average Bonchev–Trinajstić information content (AvgIpc) is 3.76. The fourth-order valence-corrected chi connectivity index (χ4v) is 7.52. The van der Waals surface area contributed by atoms with E-state index in [4.69, 9.17) is 21.1 Å². The number of aliphatic hydroxyl groups excluding tert-OH is 1. The Morgan fingerprint density at radius 1 is 1.02 bits per heavy atom. The Hall–Kier alpha value is -4.39. The zero-order valence-corrected chi connectivity index (χ0v) is 29.1. The number of Topliss-reactive ketones (excluding diaryl/α,β-unsaturated/α-hetero) is 1. The van der Waals surface area contributed by atoms with Crippen LogP contribution in [-0.2, 0) is 15.3 Å². The van der Waals surface area contributed by atoms with Gasteiger partial charge in [0.1, 0.15) is 11.3 Å². The summed E-state index contributed by atoms with van der Waals surface area (Å²) in [4.78, 5) is 33.7. The van der Waals surface area contributed by atoms with Crippen molar-refractivity contribution in [2.75, 3.05) is 18.1 Å². The molecular weight excluding hydrogens is 670 g/mol.